The molecule has 0 aliphatic rings. The highest BCUT2D eigenvalue weighted by molar-refractivity contribution is 5.76. The molecule has 0 aliphatic heterocycles. The Morgan fingerprint density at radius 2 is 0.857 bits per heavy atom. The molecule has 3 N–H and O–H groups in total. The zero-order chi connectivity index (χ0) is 18.8. The van der Waals surface area contributed by atoms with Gasteiger partial charge in [0.15, 0.2) is 0 Å². The second kappa shape index (κ2) is 6.88. The fraction of sp³-hybridized carbons (Fsp3) is 0.0526. The number of rotatable bonds is 2. The number of para-hydroxylation sites is 2. The predicted molar refractivity (Wildman–Crippen MR) is 104 cm³/mol. The summed E-state index contributed by atoms with van der Waals surface area (Å²) in [5, 5.41) is 31.8. The number of hydrogen-bond donors (Lipinski definition) is 3. The summed E-state index contributed by atoms with van der Waals surface area (Å²) in [6.45, 7) is 0. The van der Waals surface area contributed by atoms with Crippen LogP contribution in [0.3, 0.4) is 0 Å². The van der Waals surface area contributed by atoms with Gasteiger partial charge in [0.25, 0.3) is 0 Å². The Hall–Kier alpha value is -4.14. The molecule has 0 bridgehead atoms. The van der Waals surface area contributed by atoms with Crippen LogP contribution < -0.4 is 0 Å². The molecular formula is C19H15N9. The molecule has 0 unspecified atom stereocenters. The zero-order valence-corrected chi connectivity index (χ0v) is 14.7. The average Bonchev–Trinajstić information content (AvgIpc) is 3.47. The van der Waals surface area contributed by atoms with Gasteiger partial charge >= 0.3 is 0 Å². The molecule has 9 heteroatoms. The molecule has 136 valence electrons. The van der Waals surface area contributed by atoms with Crippen LogP contribution in [0.5, 0.6) is 0 Å². The van der Waals surface area contributed by atoms with Crippen molar-refractivity contribution in [2.45, 2.75) is 6.42 Å². The number of nitrogens with one attached hydrogen (secondary N) is 3. The number of benzene rings is 3. The van der Waals surface area contributed by atoms with Gasteiger partial charge < -0.3 is 0 Å². The smallest absolute Gasteiger partial charge is 0.113 e. The van der Waals surface area contributed by atoms with Gasteiger partial charge in [-0.25, -0.2) is 0 Å². The Bertz CT molecular complexity index is 1260. The number of fused-ring (bicyclic) bond motifs is 3. The molecule has 0 radical (unpaired) electrons. The summed E-state index contributed by atoms with van der Waals surface area (Å²) in [4.78, 5) is 0. The number of aromatic nitrogens is 9. The summed E-state index contributed by atoms with van der Waals surface area (Å²) in [7, 11) is 0. The van der Waals surface area contributed by atoms with Crippen LogP contribution in [0.25, 0.3) is 33.1 Å². The van der Waals surface area contributed by atoms with Crippen LogP contribution in [-0.2, 0) is 6.42 Å². The molecular weight excluding hydrogens is 354 g/mol. The first-order valence-corrected chi connectivity index (χ1v) is 8.69. The molecule has 0 saturated heterocycles. The summed E-state index contributed by atoms with van der Waals surface area (Å²) < 4.78 is 0. The van der Waals surface area contributed by atoms with Crippen molar-refractivity contribution in [1.29, 1.82) is 0 Å². The van der Waals surface area contributed by atoms with Gasteiger partial charge in [0.2, 0.25) is 0 Å². The fourth-order valence-corrected chi connectivity index (χ4v) is 3.01. The van der Waals surface area contributed by atoms with Crippen molar-refractivity contribution in [3.05, 3.63) is 71.8 Å². The molecule has 6 rings (SSSR count). The van der Waals surface area contributed by atoms with Gasteiger partial charge in [0.1, 0.15) is 33.1 Å². The van der Waals surface area contributed by atoms with E-state index in [2.05, 4.69) is 58.4 Å². The second-order valence-electron chi connectivity index (χ2n) is 6.28. The highest BCUT2D eigenvalue weighted by Gasteiger charge is 2.03. The SMILES string of the molecule is c1cc2n[nH]nc2cc1Cc1ccc2n[nH]nc2c1.c1ccc2n[nH]nc2c1. The van der Waals surface area contributed by atoms with Gasteiger partial charge in [-0.05, 0) is 53.9 Å². The summed E-state index contributed by atoms with van der Waals surface area (Å²) >= 11 is 0. The Morgan fingerprint density at radius 3 is 1.32 bits per heavy atom. The van der Waals surface area contributed by atoms with E-state index in [1.807, 2.05) is 48.5 Å². The minimum atomic E-state index is 0.839. The Balaban J connectivity index is 0.000000158. The number of H-pyrrole nitrogens is 3. The van der Waals surface area contributed by atoms with Crippen molar-refractivity contribution in [1.82, 2.24) is 46.2 Å². The van der Waals surface area contributed by atoms with E-state index in [4.69, 9.17) is 0 Å². The van der Waals surface area contributed by atoms with Gasteiger partial charge in [-0.1, -0.05) is 24.3 Å². The largest absolute Gasteiger partial charge is 0.197 e. The average molecular weight is 369 g/mol. The van der Waals surface area contributed by atoms with Crippen LogP contribution in [-0.4, -0.2) is 46.2 Å². The Labute approximate surface area is 158 Å². The van der Waals surface area contributed by atoms with Crippen LogP contribution in [0.1, 0.15) is 11.1 Å². The molecule has 28 heavy (non-hydrogen) atoms. The highest BCUT2D eigenvalue weighted by Crippen LogP contribution is 2.17. The third kappa shape index (κ3) is 3.16. The van der Waals surface area contributed by atoms with Gasteiger partial charge in [-0.2, -0.15) is 46.2 Å². The third-order valence-electron chi connectivity index (χ3n) is 4.39. The zero-order valence-electron chi connectivity index (χ0n) is 14.7. The maximum Gasteiger partial charge on any atom is 0.113 e. The van der Waals surface area contributed by atoms with Gasteiger partial charge in [0.05, 0.1) is 0 Å². The lowest BCUT2D eigenvalue weighted by Crippen LogP contribution is -1.88. The van der Waals surface area contributed by atoms with E-state index >= 15 is 0 Å². The van der Waals surface area contributed by atoms with E-state index in [9.17, 15) is 0 Å². The van der Waals surface area contributed by atoms with Gasteiger partial charge in [-0.15, -0.1) is 0 Å². The standard InChI is InChI=1S/C13H10N6.C6H5N3/c1-3-10-12(16-18-14-10)6-8(1)5-9-2-4-11-13(7-9)17-19-15-11;1-2-4-6-5(3-1)7-9-8-6/h1-4,6-7H,5H2,(H,14,16,18)(H,15,17,19);1-4H,(H,7,8,9). The lowest BCUT2D eigenvalue weighted by Gasteiger charge is -2.01. The first-order chi connectivity index (χ1) is 13.8. The highest BCUT2D eigenvalue weighted by atomic mass is 15.3. The molecule has 0 spiro atoms. The maximum atomic E-state index is 4.10. The summed E-state index contributed by atoms with van der Waals surface area (Å²) in [5.74, 6) is 0. The van der Waals surface area contributed by atoms with Crippen molar-refractivity contribution in [3.63, 3.8) is 0 Å². The second-order valence-corrected chi connectivity index (χ2v) is 6.28. The quantitative estimate of drug-likeness (QED) is 0.431. The third-order valence-corrected chi connectivity index (χ3v) is 4.39. The Kier molecular flexibility index (Phi) is 3.94. The first kappa shape index (κ1) is 16.1. The van der Waals surface area contributed by atoms with E-state index in [0.29, 0.717) is 0 Å². The molecule has 0 fully saturated rings. The first-order valence-electron chi connectivity index (χ1n) is 8.69. The molecule has 0 aliphatic carbocycles. The van der Waals surface area contributed by atoms with Crippen molar-refractivity contribution < 1.29 is 0 Å². The molecule has 0 atom stereocenters. The van der Waals surface area contributed by atoms with Crippen LogP contribution in [0.4, 0.5) is 0 Å². The lowest BCUT2D eigenvalue weighted by molar-refractivity contribution is 0.959. The van der Waals surface area contributed by atoms with Crippen molar-refractivity contribution >= 4 is 33.1 Å². The number of aromatic amines is 3. The van der Waals surface area contributed by atoms with E-state index in [1.54, 1.807) is 0 Å². The van der Waals surface area contributed by atoms with E-state index in [1.165, 1.54) is 11.1 Å². The van der Waals surface area contributed by atoms with Crippen LogP contribution in [0, 0.1) is 0 Å². The van der Waals surface area contributed by atoms with Crippen LogP contribution in [0.2, 0.25) is 0 Å². The number of nitrogens with zero attached hydrogens (tertiary/aromatic N) is 6. The van der Waals surface area contributed by atoms with E-state index in [0.717, 1.165) is 39.5 Å². The summed E-state index contributed by atoms with van der Waals surface area (Å²) in [6.07, 6.45) is 0.839. The molecule has 0 amide bonds. The van der Waals surface area contributed by atoms with E-state index in [-0.39, 0.29) is 0 Å². The Morgan fingerprint density at radius 1 is 0.464 bits per heavy atom. The van der Waals surface area contributed by atoms with Crippen LogP contribution in [0.15, 0.2) is 60.7 Å². The molecule has 3 aromatic carbocycles. The molecule has 9 nitrogen and oxygen atoms in total. The van der Waals surface area contributed by atoms with Crippen molar-refractivity contribution in [2.75, 3.05) is 0 Å². The fourth-order valence-electron chi connectivity index (χ4n) is 3.01. The van der Waals surface area contributed by atoms with Crippen molar-refractivity contribution in [3.8, 4) is 0 Å². The monoisotopic (exact) mass is 369 g/mol. The van der Waals surface area contributed by atoms with Crippen molar-refractivity contribution in [2.24, 2.45) is 0 Å². The van der Waals surface area contributed by atoms with Gasteiger partial charge in [0, 0.05) is 0 Å². The predicted octanol–water partition coefficient (Wildman–Crippen LogP) is 2.78. The molecule has 0 saturated carbocycles. The van der Waals surface area contributed by atoms with Gasteiger partial charge in [-0.3, -0.25) is 0 Å². The number of hydrogen-bond acceptors (Lipinski definition) is 6. The lowest BCUT2D eigenvalue weighted by atomic mass is 10.0. The van der Waals surface area contributed by atoms with E-state index < -0.39 is 0 Å². The minimum absolute atomic E-state index is 0.839. The summed E-state index contributed by atoms with van der Waals surface area (Å²) in [5.41, 5.74) is 7.77. The maximum absolute atomic E-state index is 4.10. The summed E-state index contributed by atoms with van der Waals surface area (Å²) in [6, 6.07) is 19.9. The normalized spacial score (nSPS) is 11.0. The molecule has 6 aromatic rings. The topological polar surface area (TPSA) is 125 Å². The molecule has 3 aromatic heterocycles. The molecule has 3 heterocycles. The minimum Gasteiger partial charge on any atom is -0.197 e. The van der Waals surface area contributed by atoms with Crippen LogP contribution >= 0.6 is 0 Å².